The molecule has 10 heteroatoms. The molecular formula is C38H26F2N4O4. The molecule has 2 N–H and O–H groups in total. The Morgan fingerprint density at radius 3 is 1.52 bits per heavy atom. The predicted molar refractivity (Wildman–Crippen MR) is 180 cm³/mol. The molecule has 48 heavy (non-hydrogen) atoms. The summed E-state index contributed by atoms with van der Waals surface area (Å²) in [4.78, 5) is 56.4. The monoisotopic (exact) mass is 640 g/mol. The van der Waals surface area contributed by atoms with Crippen molar-refractivity contribution < 1.29 is 18.4 Å². The largest absolute Gasteiger partial charge is 0.339 e. The van der Waals surface area contributed by atoms with E-state index >= 15 is 0 Å². The number of carbonyl (C=O) groups is 2. The molecule has 4 heterocycles. The van der Waals surface area contributed by atoms with Gasteiger partial charge in [-0.15, -0.1) is 0 Å². The van der Waals surface area contributed by atoms with Crippen LogP contribution in [-0.4, -0.2) is 30.3 Å². The van der Waals surface area contributed by atoms with Gasteiger partial charge in [-0.05, 0) is 110 Å². The molecule has 0 atom stereocenters. The number of pyridine rings is 2. The Hall–Kier alpha value is -6.42. The number of nitrogens with one attached hydrogen (secondary N) is 2. The predicted octanol–water partition coefficient (Wildman–Crippen LogP) is 6.92. The number of rotatable bonds is 4. The third-order valence-corrected chi connectivity index (χ3v) is 8.18. The minimum atomic E-state index is -0.401. The first kappa shape index (κ1) is 30.2. The van der Waals surface area contributed by atoms with Crippen molar-refractivity contribution in [2.24, 2.45) is 0 Å². The highest BCUT2D eigenvalue weighted by Gasteiger charge is 2.18. The third-order valence-electron chi connectivity index (χ3n) is 8.18. The molecular weight excluding hydrogens is 614 g/mol. The highest BCUT2D eigenvalue weighted by Crippen LogP contribution is 2.22. The van der Waals surface area contributed by atoms with E-state index in [0.29, 0.717) is 39.1 Å². The zero-order chi connectivity index (χ0) is 33.7. The van der Waals surface area contributed by atoms with Crippen LogP contribution in [0.5, 0.6) is 0 Å². The summed E-state index contributed by atoms with van der Waals surface area (Å²) in [7, 11) is 0. The van der Waals surface area contributed by atoms with E-state index in [1.54, 1.807) is 0 Å². The normalized spacial score (nSPS) is 11.2. The van der Waals surface area contributed by atoms with Crippen LogP contribution in [0.3, 0.4) is 0 Å². The Balaban J connectivity index is 0.000000152. The van der Waals surface area contributed by atoms with Gasteiger partial charge < -0.3 is 9.97 Å². The summed E-state index contributed by atoms with van der Waals surface area (Å²) >= 11 is 0. The second-order valence-electron chi connectivity index (χ2n) is 11.5. The number of carbonyl (C=O) groups excluding carboxylic acids is 2. The van der Waals surface area contributed by atoms with Gasteiger partial charge in [0, 0.05) is 23.3 Å². The van der Waals surface area contributed by atoms with Gasteiger partial charge in [0.25, 0.3) is 11.1 Å². The van der Waals surface area contributed by atoms with Crippen molar-refractivity contribution in [3.8, 4) is 0 Å². The number of imidazole rings is 2. The van der Waals surface area contributed by atoms with Crippen molar-refractivity contribution in [1.82, 2.24) is 18.8 Å². The lowest BCUT2D eigenvalue weighted by Crippen LogP contribution is -2.14. The molecule has 8 nitrogen and oxygen atoms in total. The van der Waals surface area contributed by atoms with E-state index in [1.165, 1.54) is 81.6 Å². The highest BCUT2D eigenvalue weighted by molar-refractivity contribution is 6.14. The quantitative estimate of drug-likeness (QED) is 0.204. The topological polar surface area (TPSA) is 109 Å². The number of H-pyrrole nitrogens is 2. The second-order valence-corrected chi connectivity index (χ2v) is 11.5. The summed E-state index contributed by atoms with van der Waals surface area (Å²) in [5.74, 6) is -1.34. The van der Waals surface area contributed by atoms with Crippen LogP contribution in [-0.2, 0) is 0 Å². The van der Waals surface area contributed by atoms with E-state index in [4.69, 9.17) is 0 Å². The number of hydrogen-bond acceptors (Lipinski definition) is 4. The van der Waals surface area contributed by atoms with E-state index in [1.807, 2.05) is 50.2 Å². The van der Waals surface area contributed by atoms with Gasteiger partial charge >= 0.3 is 0 Å². The van der Waals surface area contributed by atoms with Gasteiger partial charge in [-0.3, -0.25) is 28.0 Å². The fourth-order valence-corrected chi connectivity index (χ4v) is 5.81. The summed E-state index contributed by atoms with van der Waals surface area (Å²) in [5, 5.41) is 0. The SMILES string of the molecule is Cc1ccc2[nH]c3c(C(=O)c4ccc(F)cc4)ccc(=O)n3c2c1.Cc1ccc2c(c1)[nH]c1c(C(=O)c3ccc(F)cc3)ccc(=O)n12. The summed E-state index contributed by atoms with van der Waals surface area (Å²) in [6.07, 6.45) is 0. The maximum Gasteiger partial charge on any atom is 0.256 e. The van der Waals surface area contributed by atoms with Gasteiger partial charge in [0.1, 0.15) is 22.9 Å². The first-order valence-electron chi connectivity index (χ1n) is 15.0. The van der Waals surface area contributed by atoms with Crippen molar-refractivity contribution in [3.63, 3.8) is 0 Å². The van der Waals surface area contributed by atoms with Crippen LogP contribution < -0.4 is 11.1 Å². The number of nitrogens with zero attached hydrogens (tertiary/aromatic N) is 2. The molecule has 0 fully saturated rings. The number of aromatic amines is 2. The van der Waals surface area contributed by atoms with Gasteiger partial charge in [0.05, 0.1) is 33.2 Å². The van der Waals surface area contributed by atoms with Gasteiger partial charge in [0.2, 0.25) is 0 Å². The van der Waals surface area contributed by atoms with Crippen LogP contribution in [0.1, 0.15) is 43.0 Å². The molecule has 0 radical (unpaired) electrons. The van der Waals surface area contributed by atoms with Crippen molar-refractivity contribution in [2.75, 3.05) is 0 Å². The molecule has 8 rings (SSSR count). The Bertz CT molecular complexity index is 2610. The lowest BCUT2D eigenvalue weighted by Gasteiger charge is -2.03. The smallest absolute Gasteiger partial charge is 0.256 e. The Labute approximate surface area is 270 Å². The lowest BCUT2D eigenvalue weighted by molar-refractivity contribution is 0.103. The molecule has 236 valence electrons. The number of aryl methyl sites for hydroxylation is 2. The fourth-order valence-electron chi connectivity index (χ4n) is 5.81. The number of ketones is 2. The van der Waals surface area contributed by atoms with Gasteiger partial charge in [-0.1, -0.05) is 12.1 Å². The Morgan fingerprint density at radius 1 is 0.521 bits per heavy atom. The van der Waals surface area contributed by atoms with Crippen LogP contribution in [0.15, 0.2) is 119 Å². The molecule has 0 saturated carbocycles. The molecule has 0 aliphatic carbocycles. The number of fused-ring (bicyclic) bond motifs is 6. The van der Waals surface area contributed by atoms with Crippen LogP contribution in [0.4, 0.5) is 8.78 Å². The van der Waals surface area contributed by atoms with Crippen LogP contribution in [0.25, 0.3) is 33.4 Å². The van der Waals surface area contributed by atoms with E-state index in [2.05, 4.69) is 9.97 Å². The summed E-state index contributed by atoms with van der Waals surface area (Å²) in [6.45, 7) is 3.90. The van der Waals surface area contributed by atoms with Gasteiger partial charge in [-0.25, -0.2) is 8.78 Å². The number of halogens is 2. The molecule has 0 bridgehead atoms. The highest BCUT2D eigenvalue weighted by atomic mass is 19.1. The standard InChI is InChI=1S/2C19H13FN2O2/c1-11-2-8-16-15(10-11)21-19-14(7-9-17(23)22(16)19)18(24)12-3-5-13(20)6-4-12;1-11-2-8-15-16(10-11)22-17(23)9-7-14(19(22)21-15)18(24)12-3-5-13(20)6-4-12/h2*2-10,21H,1H3. The molecule has 4 aromatic carbocycles. The summed E-state index contributed by atoms with van der Waals surface area (Å²) < 4.78 is 29.1. The maximum atomic E-state index is 13.1. The number of benzene rings is 4. The van der Waals surface area contributed by atoms with Crippen LogP contribution in [0.2, 0.25) is 0 Å². The average molecular weight is 641 g/mol. The zero-order valence-corrected chi connectivity index (χ0v) is 25.7. The van der Waals surface area contributed by atoms with E-state index in [9.17, 15) is 28.0 Å². The first-order chi connectivity index (χ1) is 23.1. The molecule has 0 unspecified atom stereocenters. The lowest BCUT2D eigenvalue weighted by atomic mass is 10.0. The molecule has 8 aromatic rings. The van der Waals surface area contributed by atoms with E-state index in [-0.39, 0.29) is 22.7 Å². The number of hydrogen-bond donors (Lipinski definition) is 2. The van der Waals surface area contributed by atoms with E-state index < -0.39 is 11.6 Å². The Kier molecular flexibility index (Phi) is 7.40. The van der Waals surface area contributed by atoms with E-state index in [0.717, 1.165) is 27.7 Å². The molecule has 0 aliphatic heterocycles. The van der Waals surface area contributed by atoms with Crippen molar-refractivity contribution in [1.29, 1.82) is 0 Å². The second kappa shape index (κ2) is 11.7. The summed E-state index contributed by atoms with van der Waals surface area (Å²) in [6, 6.07) is 27.9. The Morgan fingerprint density at radius 2 is 0.979 bits per heavy atom. The third kappa shape index (κ3) is 5.28. The summed E-state index contributed by atoms with van der Waals surface area (Å²) in [5.41, 5.74) is 7.01. The maximum absolute atomic E-state index is 13.1. The van der Waals surface area contributed by atoms with Gasteiger partial charge in [-0.2, -0.15) is 0 Å². The zero-order valence-electron chi connectivity index (χ0n) is 25.7. The first-order valence-corrected chi connectivity index (χ1v) is 15.0. The molecule has 0 spiro atoms. The van der Waals surface area contributed by atoms with Crippen LogP contribution in [0, 0.1) is 25.5 Å². The minimum Gasteiger partial charge on any atom is -0.339 e. The van der Waals surface area contributed by atoms with Crippen molar-refractivity contribution in [2.45, 2.75) is 13.8 Å². The molecule has 0 saturated heterocycles. The molecule has 0 aliphatic rings. The minimum absolute atomic E-state index is 0.211. The average Bonchev–Trinajstić information content (AvgIpc) is 3.65. The van der Waals surface area contributed by atoms with Crippen LogP contribution >= 0.6 is 0 Å². The molecule has 4 aromatic heterocycles. The van der Waals surface area contributed by atoms with Gasteiger partial charge in [0.15, 0.2) is 11.6 Å². The fraction of sp³-hybridized carbons (Fsp3) is 0.0526. The number of aromatic nitrogens is 4. The molecule has 0 amide bonds. The van der Waals surface area contributed by atoms with Crippen molar-refractivity contribution >= 4 is 44.9 Å². The van der Waals surface area contributed by atoms with Crippen molar-refractivity contribution in [3.05, 3.63) is 175 Å².